The summed E-state index contributed by atoms with van der Waals surface area (Å²) in [4.78, 5) is 0.306. The Bertz CT molecular complexity index is 583. The molecule has 0 radical (unpaired) electrons. The van der Waals surface area contributed by atoms with Gasteiger partial charge in [-0.15, -0.1) is 0 Å². The van der Waals surface area contributed by atoms with Crippen molar-refractivity contribution in [2.75, 3.05) is 13.1 Å². The molecule has 1 aromatic rings. The van der Waals surface area contributed by atoms with Crippen LogP contribution in [0, 0.1) is 5.92 Å². The number of hydrogen-bond donors (Lipinski definition) is 1. The summed E-state index contributed by atoms with van der Waals surface area (Å²) < 4.78 is 27.1. The summed E-state index contributed by atoms with van der Waals surface area (Å²) in [7, 11) is -3.44. The van der Waals surface area contributed by atoms with Gasteiger partial charge in [-0.3, -0.25) is 0 Å². The molecule has 0 spiro atoms. The highest BCUT2D eigenvalue weighted by atomic mass is 32.2. The van der Waals surface area contributed by atoms with E-state index < -0.39 is 10.0 Å². The Hall–Kier alpha value is -0.910. The molecule has 2 rings (SSSR count). The molecular weight excluding hydrogens is 286 g/mol. The van der Waals surface area contributed by atoms with E-state index in [4.69, 9.17) is 0 Å². The predicted molar refractivity (Wildman–Crippen MR) is 83.5 cm³/mol. The minimum Gasteiger partial charge on any atom is -0.392 e. The Morgan fingerprint density at radius 1 is 1.29 bits per heavy atom. The van der Waals surface area contributed by atoms with Crippen LogP contribution in [0.4, 0.5) is 0 Å². The third-order valence-electron chi connectivity index (χ3n) is 4.43. The van der Waals surface area contributed by atoms with Crippen molar-refractivity contribution in [2.45, 2.75) is 51.0 Å². The van der Waals surface area contributed by atoms with Gasteiger partial charge in [0.1, 0.15) is 0 Å². The van der Waals surface area contributed by atoms with Gasteiger partial charge < -0.3 is 5.11 Å². The van der Waals surface area contributed by atoms with E-state index >= 15 is 0 Å². The molecule has 1 unspecified atom stereocenters. The lowest BCUT2D eigenvalue weighted by molar-refractivity contribution is 0.261. The largest absolute Gasteiger partial charge is 0.392 e. The van der Waals surface area contributed by atoms with Crippen LogP contribution in [-0.4, -0.2) is 30.9 Å². The van der Waals surface area contributed by atoms with Gasteiger partial charge in [-0.25, -0.2) is 8.42 Å². The van der Waals surface area contributed by atoms with E-state index in [9.17, 15) is 13.5 Å². The first-order chi connectivity index (χ1) is 10.0. The summed E-state index contributed by atoms with van der Waals surface area (Å²) in [6.07, 6.45) is 3.84. The summed E-state index contributed by atoms with van der Waals surface area (Å²) in [6.45, 7) is 5.20. The number of hydrogen-bond acceptors (Lipinski definition) is 3. The van der Waals surface area contributed by atoms with Crippen molar-refractivity contribution in [3.63, 3.8) is 0 Å². The van der Waals surface area contributed by atoms with Crippen LogP contribution in [0.25, 0.3) is 0 Å². The summed E-state index contributed by atoms with van der Waals surface area (Å²) in [5, 5.41) is 9.42. The maximum absolute atomic E-state index is 12.8. The van der Waals surface area contributed by atoms with E-state index in [1.807, 2.05) is 13.0 Å². The second-order valence-electron chi connectivity index (χ2n) is 5.72. The monoisotopic (exact) mass is 311 g/mol. The number of rotatable bonds is 5. The molecule has 1 aromatic carbocycles. The van der Waals surface area contributed by atoms with Gasteiger partial charge in [0.25, 0.3) is 0 Å². The second-order valence-corrected chi connectivity index (χ2v) is 7.66. The van der Waals surface area contributed by atoms with Gasteiger partial charge in [-0.1, -0.05) is 26.3 Å². The Kier molecular flexibility index (Phi) is 5.41. The van der Waals surface area contributed by atoms with Crippen LogP contribution < -0.4 is 0 Å². The zero-order valence-corrected chi connectivity index (χ0v) is 13.7. The van der Waals surface area contributed by atoms with Crippen LogP contribution in [0.1, 0.15) is 44.2 Å². The molecule has 5 heteroatoms. The SMILES string of the molecule is CCc1ccc(S(=O)(=O)N2CCCC(CC)C2)cc1CO. The smallest absolute Gasteiger partial charge is 0.243 e. The minimum absolute atomic E-state index is 0.121. The van der Waals surface area contributed by atoms with Crippen molar-refractivity contribution in [3.8, 4) is 0 Å². The Labute approximate surface area is 127 Å². The maximum Gasteiger partial charge on any atom is 0.243 e. The van der Waals surface area contributed by atoms with Crippen LogP contribution in [-0.2, 0) is 23.1 Å². The molecule has 1 N–H and O–H groups in total. The third kappa shape index (κ3) is 3.47. The molecule has 1 fully saturated rings. The van der Waals surface area contributed by atoms with Crippen LogP contribution >= 0.6 is 0 Å². The third-order valence-corrected chi connectivity index (χ3v) is 6.29. The summed E-state index contributed by atoms with van der Waals surface area (Å²) in [6, 6.07) is 5.12. The number of benzene rings is 1. The Morgan fingerprint density at radius 2 is 2.05 bits per heavy atom. The molecule has 1 aliphatic heterocycles. The quantitative estimate of drug-likeness (QED) is 0.909. The topological polar surface area (TPSA) is 57.6 Å². The van der Waals surface area contributed by atoms with Gasteiger partial charge in [-0.2, -0.15) is 4.31 Å². The van der Waals surface area contributed by atoms with E-state index in [2.05, 4.69) is 6.92 Å². The van der Waals surface area contributed by atoms with Gasteiger partial charge in [0, 0.05) is 13.1 Å². The fraction of sp³-hybridized carbons (Fsp3) is 0.625. The fourth-order valence-corrected chi connectivity index (χ4v) is 4.59. The summed E-state index contributed by atoms with van der Waals surface area (Å²) >= 11 is 0. The predicted octanol–water partition coefficient (Wildman–Crippen LogP) is 2.55. The van der Waals surface area contributed by atoms with Crippen molar-refractivity contribution in [1.82, 2.24) is 4.31 Å². The molecular formula is C16H25NO3S. The molecule has 21 heavy (non-hydrogen) atoms. The van der Waals surface area contributed by atoms with Crippen LogP contribution in [0.3, 0.4) is 0 Å². The molecule has 0 aliphatic carbocycles. The molecule has 1 heterocycles. The lowest BCUT2D eigenvalue weighted by Crippen LogP contribution is -2.39. The average molecular weight is 311 g/mol. The normalized spacial score (nSPS) is 20.6. The molecule has 0 bridgehead atoms. The average Bonchev–Trinajstić information content (AvgIpc) is 2.54. The molecule has 4 nitrogen and oxygen atoms in total. The highest BCUT2D eigenvalue weighted by Crippen LogP contribution is 2.26. The van der Waals surface area contributed by atoms with E-state index in [1.54, 1.807) is 16.4 Å². The van der Waals surface area contributed by atoms with Gasteiger partial charge in [-0.05, 0) is 48.4 Å². The highest BCUT2D eigenvalue weighted by Gasteiger charge is 2.29. The summed E-state index contributed by atoms with van der Waals surface area (Å²) in [5.41, 5.74) is 1.71. The van der Waals surface area contributed by atoms with Crippen LogP contribution in [0.5, 0.6) is 0 Å². The molecule has 1 atom stereocenters. The van der Waals surface area contributed by atoms with Crippen molar-refractivity contribution < 1.29 is 13.5 Å². The molecule has 118 valence electrons. The number of aliphatic hydroxyl groups excluding tert-OH is 1. The second kappa shape index (κ2) is 6.90. The van der Waals surface area contributed by atoms with E-state index in [0.29, 0.717) is 29.5 Å². The van der Waals surface area contributed by atoms with Gasteiger partial charge in [0.15, 0.2) is 0 Å². The van der Waals surface area contributed by atoms with Gasteiger partial charge in [0.05, 0.1) is 11.5 Å². The molecule has 0 saturated carbocycles. The Balaban J connectivity index is 2.30. The van der Waals surface area contributed by atoms with E-state index in [0.717, 1.165) is 31.2 Å². The first-order valence-electron chi connectivity index (χ1n) is 7.75. The fourth-order valence-electron chi connectivity index (χ4n) is 2.98. The standard InChI is InChI=1S/C16H25NO3S/c1-3-13-6-5-9-17(11-13)21(19,20)16-8-7-14(4-2)15(10-16)12-18/h7-8,10,13,18H,3-6,9,11-12H2,1-2H3. The zero-order valence-electron chi connectivity index (χ0n) is 12.9. The number of piperidine rings is 1. The lowest BCUT2D eigenvalue weighted by Gasteiger charge is -2.31. The van der Waals surface area contributed by atoms with Gasteiger partial charge in [0.2, 0.25) is 10.0 Å². The minimum atomic E-state index is -3.44. The number of sulfonamides is 1. The van der Waals surface area contributed by atoms with E-state index in [-0.39, 0.29) is 6.61 Å². The first kappa shape index (κ1) is 16.5. The zero-order chi connectivity index (χ0) is 15.5. The van der Waals surface area contributed by atoms with Crippen molar-refractivity contribution in [2.24, 2.45) is 5.92 Å². The lowest BCUT2D eigenvalue weighted by atomic mass is 9.97. The molecule has 0 amide bonds. The van der Waals surface area contributed by atoms with Crippen molar-refractivity contribution >= 4 is 10.0 Å². The van der Waals surface area contributed by atoms with Crippen molar-refractivity contribution in [3.05, 3.63) is 29.3 Å². The molecule has 0 aromatic heterocycles. The molecule has 1 aliphatic rings. The van der Waals surface area contributed by atoms with Crippen LogP contribution in [0.15, 0.2) is 23.1 Å². The number of aryl methyl sites for hydroxylation is 1. The summed E-state index contributed by atoms with van der Waals surface area (Å²) in [5.74, 6) is 0.459. The van der Waals surface area contributed by atoms with Crippen LogP contribution in [0.2, 0.25) is 0 Å². The first-order valence-corrected chi connectivity index (χ1v) is 9.19. The number of nitrogens with zero attached hydrogens (tertiary/aromatic N) is 1. The molecule has 1 saturated heterocycles. The highest BCUT2D eigenvalue weighted by molar-refractivity contribution is 7.89. The van der Waals surface area contributed by atoms with Gasteiger partial charge >= 0.3 is 0 Å². The van der Waals surface area contributed by atoms with E-state index in [1.165, 1.54) is 0 Å². The number of aliphatic hydroxyl groups is 1. The van der Waals surface area contributed by atoms with Crippen molar-refractivity contribution in [1.29, 1.82) is 0 Å². The maximum atomic E-state index is 12.8. The Morgan fingerprint density at radius 3 is 2.67 bits per heavy atom.